The maximum Gasteiger partial charge on any atom is 0.240 e. The molecule has 0 unspecified atom stereocenters. The van der Waals surface area contributed by atoms with Gasteiger partial charge in [-0.2, -0.15) is 0 Å². The average Bonchev–Trinajstić information content (AvgIpc) is 2.62. The maximum absolute atomic E-state index is 12.9. The van der Waals surface area contributed by atoms with Crippen LogP contribution >= 0.6 is 0 Å². The lowest BCUT2D eigenvalue weighted by Crippen LogP contribution is -2.62. The van der Waals surface area contributed by atoms with Crippen LogP contribution in [0.1, 0.15) is 24.0 Å². The van der Waals surface area contributed by atoms with Gasteiger partial charge in [0.25, 0.3) is 0 Å². The van der Waals surface area contributed by atoms with Crippen LogP contribution in [0, 0.1) is 13.8 Å². The number of hydrogen-bond donors (Lipinski definition) is 1. The van der Waals surface area contributed by atoms with Crippen molar-refractivity contribution in [3.05, 3.63) is 29.3 Å². The molecule has 0 aliphatic carbocycles. The Labute approximate surface area is 157 Å². The molecule has 146 valence electrons. The van der Waals surface area contributed by atoms with E-state index in [0.29, 0.717) is 11.4 Å². The van der Waals surface area contributed by atoms with E-state index < -0.39 is 10.0 Å². The predicted octanol–water partition coefficient (Wildman–Crippen LogP) is 1.38. The first-order valence-electron chi connectivity index (χ1n) is 9.41. The van der Waals surface area contributed by atoms with Gasteiger partial charge in [0.15, 0.2) is 0 Å². The minimum atomic E-state index is -3.52. The van der Waals surface area contributed by atoms with Gasteiger partial charge < -0.3 is 9.64 Å². The highest BCUT2D eigenvalue weighted by molar-refractivity contribution is 7.89. The van der Waals surface area contributed by atoms with Crippen LogP contribution in [0.4, 0.5) is 0 Å². The molecule has 0 spiro atoms. The summed E-state index contributed by atoms with van der Waals surface area (Å²) < 4.78 is 34.3. The van der Waals surface area contributed by atoms with Crippen molar-refractivity contribution in [1.82, 2.24) is 14.5 Å². The van der Waals surface area contributed by atoms with Gasteiger partial charge >= 0.3 is 0 Å². The zero-order valence-electron chi connectivity index (χ0n) is 16.1. The van der Waals surface area contributed by atoms with Gasteiger partial charge in [0.05, 0.1) is 18.1 Å². The molecule has 6 nitrogen and oxygen atoms in total. The lowest BCUT2D eigenvalue weighted by Gasteiger charge is -2.49. The lowest BCUT2D eigenvalue weighted by atomic mass is 9.85. The van der Waals surface area contributed by atoms with Gasteiger partial charge in [0, 0.05) is 25.2 Å². The van der Waals surface area contributed by atoms with E-state index in [-0.39, 0.29) is 5.54 Å². The Bertz CT molecular complexity index is 722. The monoisotopic (exact) mass is 381 g/mol. The van der Waals surface area contributed by atoms with Gasteiger partial charge in [-0.1, -0.05) is 17.7 Å². The molecule has 0 bridgehead atoms. The zero-order chi connectivity index (χ0) is 18.8. The third-order valence-corrected chi connectivity index (χ3v) is 7.37. The Morgan fingerprint density at radius 2 is 1.77 bits per heavy atom. The number of sulfonamides is 1. The fraction of sp³-hybridized carbons (Fsp3) is 0.684. The molecule has 2 heterocycles. The lowest BCUT2D eigenvalue weighted by molar-refractivity contribution is -0.0427. The van der Waals surface area contributed by atoms with E-state index in [0.717, 1.165) is 63.4 Å². The first-order chi connectivity index (χ1) is 12.3. The van der Waals surface area contributed by atoms with Crippen molar-refractivity contribution in [3.8, 4) is 0 Å². The van der Waals surface area contributed by atoms with E-state index >= 15 is 0 Å². The predicted molar refractivity (Wildman–Crippen MR) is 103 cm³/mol. The topological polar surface area (TPSA) is 61.9 Å². The second kappa shape index (κ2) is 7.94. The third kappa shape index (κ3) is 4.28. The molecule has 26 heavy (non-hydrogen) atoms. The largest absolute Gasteiger partial charge is 0.379 e. The second-order valence-corrected chi connectivity index (χ2v) is 9.46. The van der Waals surface area contributed by atoms with Crippen LogP contribution in [0.15, 0.2) is 23.1 Å². The Balaban J connectivity index is 1.78. The van der Waals surface area contributed by atoms with Crippen LogP contribution in [-0.2, 0) is 14.8 Å². The van der Waals surface area contributed by atoms with Crippen molar-refractivity contribution in [2.75, 3.05) is 53.0 Å². The number of hydrogen-bond acceptors (Lipinski definition) is 5. The van der Waals surface area contributed by atoms with Crippen LogP contribution in [0.3, 0.4) is 0 Å². The summed E-state index contributed by atoms with van der Waals surface area (Å²) in [7, 11) is -1.39. The molecule has 0 radical (unpaired) electrons. The molecule has 0 saturated carbocycles. The summed E-state index contributed by atoms with van der Waals surface area (Å²) in [6.45, 7) is 9.45. The summed E-state index contributed by atoms with van der Waals surface area (Å²) in [6, 6.07) is 5.49. The Hall–Kier alpha value is -0.990. The normalized spacial score (nSPS) is 22.4. The van der Waals surface area contributed by atoms with E-state index in [9.17, 15) is 8.42 Å². The molecule has 0 atom stereocenters. The van der Waals surface area contributed by atoms with Crippen molar-refractivity contribution in [2.45, 2.75) is 37.1 Å². The van der Waals surface area contributed by atoms with Crippen LogP contribution in [0.25, 0.3) is 0 Å². The highest BCUT2D eigenvalue weighted by Gasteiger charge is 2.40. The van der Waals surface area contributed by atoms with Gasteiger partial charge in [-0.3, -0.25) is 4.90 Å². The SMILES string of the molecule is Cc1ccc(S(=O)(=O)NCC2(N3CCOCC3)CCN(C)CC2)c(C)c1. The minimum Gasteiger partial charge on any atom is -0.379 e. The average molecular weight is 382 g/mol. The summed E-state index contributed by atoms with van der Waals surface area (Å²) in [5.74, 6) is 0. The van der Waals surface area contributed by atoms with Crippen LogP contribution in [0.2, 0.25) is 0 Å². The van der Waals surface area contributed by atoms with Gasteiger partial charge in [-0.05, 0) is 58.5 Å². The van der Waals surface area contributed by atoms with E-state index in [1.54, 1.807) is 6.07 Å². The summed E-state index contributed by atoms with van der Waals surface area (Å²) in [6.07, 6.45) is 1.94. The fourth-order valence-electron chi connectivity index (χ4n) is 4.09. The molecule has 0 amide bonds. The highest BCUT2D eigenvalue weighted by Crippen LogP contribution is 2.29. The number of morpholine rings is 1. The maximum atomic E-state index is 12.9. The highest BCUT2D eigenvalue weighted by atomic mass is 32.2. The summed E-state index contributed by atoms with van der Waals surface area (Å²) in [5.41, 5.74) is 1.74. The number of nitrogens with zero attached hydrogens (tertiary/aromatic N) is 2. The molecular formula is C19H31N3O3S. The minimum absolute atomic E-state index is 0.123. The van der Waals surface area contributed by atoms with Gasteiger partial charge in [0.1, 0.15) is 0 Å². The molecule has 2 aliphatic rings. The Morgan fingerprint density at radius 3 is 2.38 bits per heavy atom. The Kier molecular flexibility index (Phi) is 6.04. The fourth-order valence-corrected chi connectivity index (χ4v) is 5.43. The van der Waals surface area contributed by atoms with Crippen molar-refractivity contribution in [3.63, 3.8) is 0 Å². The van der Waals surface area contributed by atoms with Crippen LogP contribution in [0.5, 0.6) is 0 Å². The van der Waals surface area contributed by atoms with E-state index in [1.165, 1.54) is 0 Å². The van der Waals surface area contributed by atoms with Crippen molar-refractivity contribution < 1.29 is 13.2 Å². The number of likely N-dealkylation sites (tertiary alicyclic amines) is 1. The standard InChI is InChI=1S/C19H31N3O3S/c1-16-4-5-18(17(2)14-16)26(23,24)20-15-19(6-8-21(3)9-7-19)22-10-12-25-13-11-22/h4-5,14,20H,6-13,15H2,1-3H3. The summed E-state index contributed by atoms with van der Waals surface area (Å²) in [4.78, 5) is 5.14. The molecule has 0 aromatic heterocycles. The first kappa shape index (κ1) is 19.8. The molecule has 1 aromatic carbocycles. The number of rotatable bonds is 5. The van der Waals surface area contributed by atoms with E-state index in [4.69, 9.17) is 4.74 Å². The second-order valence-electron chi connectivity index (χ2n) is 7.72. The summed E-state index contributed by atoms with van der Waals surface area (Å²) in [5, 5.41) is 0. The van der Waals surface area contributed by atoms with E-state index in [1.807, 2.05) is 26.0 Å². The van der Waals surface area contributed by atoms with Gasteiger partial charge in [-0.15, -0.1) is 0 Å². The summed E-state index contributed by atoms with van der Waals surface area (Å²) >= 11 is 0. The number of nitrogens with one attached hydrogen (secondary N) is 1. The van der Waals surface area contributed by atoms with Crippen LogP contribution < -0.4 is 4.72 Å². The molecule has 1 N–H and O–H groups in total. The number of ether oxygens (including phenoxy) is 1. The first-order valence-corrected chi connectivity index (χ1v) is 10.9. The van der Waals surface area contributed by atoms with Crippen molar-refractivity contribution in [2.24, 2.45) is 0 Å². The van der Waals surface area contributed by atoms with Crippen molar-refractivity contribution >= 4 is 10.0 Å². The van der Waals surface area contributed by atoms with Gasteiger partial charge in [-0.25, -0.2) is 13.1 Å². The number of aryl methyl sites for hydroxylation is 2. The molecule has 1 aromatic rings. The molecule has 2 saturated heterocycles. The molecule has 2 fully saturated rings. The zero-order valence-corrected chi connectivity index (χ0v) is 16.9. The molecule has 3 rings (SSSR count). The Morgan fingerprint density at radius 1 is 1.12 bits per heavy atom. The third-order valence-electron chi connectivity index (χ3n) is 5.81. The molecule has 2 aliphatic heterocycles. The smallest absolute Gasteiger partial charge is 0.240 e. The van der Waals surface area contributed by atoms with E-state index in [2.05, 4.69) is 21.6 Å². The molecule has 7 heteroatoms. The number of benzene rings is 1. The van der Waals surface area contributed by atoms with Crippen LogP contribution in [-0.4, -0.2) is 76.7 Å². The number of piperidine rings is 1. The van der Waals surface area contributed by atoms with Gasteiger partial charge in [0.2, 0.25) is 10.0 Å². The molecular weight excluding hydrogens is 350 g/mol. The van der Waals surface area contributed by atoms with Crippen molar-refractivity contribution in [1.29, 1.82) is 0 Å². The quantitative estimate of drug-likeness (QED) is 0.835.